The molecule has 2 aromatic heterocycles. The fourth-order valence-corrected chi connectivity index (χ4v) is 2.43. The fourth-order valence-electron chi connectivity index (χ4n) is 1.28. The van der Waals surface area contributed by atoms with Crippen molar-refractivity contribution < 1.29 is 9.52 Å². The van der Waals surface area contributed by atoms with Crippen LogP contribution in [0.2, 0.25) is 5.02 Å². The number of aliphatic hydroxyl groups is 1. The first-order chi connectivity index (χ1) is 6.70. The molecule has 0 aliphatic carbocycles. The molecule has 0 fully saturated rings. The smallest absolute Gasteiger partial charge is 0.147 e. The molecule has 2 rings (SSSR count). The number of thiophene rings is 1. The number of halogens is 1. The van der Waals surface area contributed by atoms with E-state index in [0.717, 1.165) is 10.4 Å². The average Bonchev–Trinajstić information content (AvgIpc) is 2.73. The predicted molar refractivity (Wildman–Crippen MR) is 56.8 cm³/mol. The third-order valence-electron chi connectivity index (χ3n) is 2.04. The Balaban J connectivity index is 2.38. The number of aryl methyl sites for hydroxylation is 1. The highest BCUT2D eigenvalue weighted by Crippen LogP contribution is 2.34. The summed E-state index contributed by atoms with van der Waals surface area (Å²) in [7, 11) is 0. The van der Waals surface area contributed by atoms with Crippen LogP contribution in [0, 0.1) is 6.92 Å². The molecule has 0 aliphatic heterocycles. The highest BCUT2D eigenvalue weighted by molar-refractivity contribution is 7.10. The largest absolute Gasteiger partial charge is 0.466 e. The summed E-state index contributed by atoms with van der Waals surface area (Å²) in [6, 6.07) is 3.59. The van der Waals surface area contributed by atoms with E-state index in [2.05, 4.69) is 0 Å². The van der Waals surface area contributed by atoms with Crippen molar-refractivity contribution in [2.75, 3.05) is 0 Å². The van der Waals surface area contributed by atoms with Crippen LogP contribution >= 0.6 is 22.9 Å². The molecule has 0 radical (unpaired) electrons. The summed E-state index contributed by atoms with van der Waals surface area (Å²) in [5.41, 5.74) is 0.932. The number of rotatable bonds is 2. The minimum atomic E-state index is -0.752. The van der Waals surface area contributed by atoms with Gasteiger partial charge in [-0.15, -0.1) is 11.3 Å². The Hall–Kier alpha value is -0.770. The Morgan fingerprint density at radius 1 is 1.50 bits per heavy atom. The van der Waals surface area contributed by atoms with Gasteiger partial charge >= 0.3 is 0 Å². The first-order valence-corrected chi connectivity index (χ1v) is 5.41. The van der Waals surface area contributed by atoms with Crippen molar-refractivity contribution in [2.24, 2.45) is 0 Å². The van der Waals surface area contributed by atoms with E-state index in [-0.39, 0.29) is 0 Å². The summed E-state index contributed by atoms with van der Waals surface area (Å²) in [4.78, 5) is 0.727. The molecule has 0 saturated heterocycles. The minimum absolute atomic E-state index is 0.564. The topological polar surface area (TPSA) is 33.4 Å². The normalized spacial score (nSPS) is 13.1. The lowest BCUT2D eigenvalue weighted by molar-refractivity contribution is 0.192. The van der Waals surface area contributed by atoms with Crippen LogP contribution in [0.1, 0.15) is 22.3 Å². The standard InChI is InChI=1S/C10H9ClO2S/c1-6-2-4-13-9(6)8(12)10-7(11)3-5-14-10/h2-5,8,12H,1H3. The van der Waals surface area contributed by atoms with Crippen molar-refractivity contribution in [2.45, 2.75) is 13.0 Å². The Labute approximate surface area is 90.8 Å². The third kappa shape index (κ3) is 1.59. The third-order valence-corrected chi connectivity index (χ3v) is 3.45. The Kier molecular flexibility index (Phi) is 2.63. The average molecular weight is 229 g/mol. The zero-order valence-corrected chi connectivity index (χ0v) is 9.10. The molecule has 1 atom stereocenters. The molecule has 2 heterocycles. The van der Waals surface area contributed by atoms with Gasteiger partial charge in [0.25, 0.3) is 0 Å². The zero-order chi connectivity index (χ0) is 10.1. The van der Waals surface area contributed by atoms with Gasteiger partial charge in [0.1, 0.15) is 11.9 Å². The van der Waals surface area contributed by atoms with E-state index >= 15 is 0 Å². The number of furan rings is 1. The molecular formula is C10H9ClO2S. The molecule has 0 aliphatic rings. The highest BCUT2D eigenvalue weighted by atomic mass is 35.5. The minimum Gasteiger partial charge on any atom is -0.466 e. The summed E-state index contributed by atoms with van der Waals surface area (Å²) >= 11 is 7.34. The number of hydrogen-bond acceptors (Lipinski definition) is 3. The number of aliphatic hydroxyl groups excluding tert-OH is 1. The van der Waals surface area contributed by atoms with Crippen LogP contribution in [0.5, 0.6) is 0 Å². The van der Waals surface area contributed by atoms with Gasteiger partial charge in [-0.3, -0.25) is 0 Å². The second-order valence-electron chi connectivity index (χ2n) is 3.00. The summed E-state index contributed by atoms with van der Waals surface area (Å²) < 4.78 is 5.20. The molecule has 74 valence electrons. The van der Waals surface area contributed by atoms with Crippen molar-refractivity contribution in [3.05, 3.63) is 45.0 Å². The predicted octanol–water partition coefficient (Wildman–Crippen LogP) is 3.38. The van der Waals surface area contributed by atoms with Crippen LogP contribution in [0.25, 0.3) is 0 Å². The van der Waals surface area contributed by atoms with Crippen LogP contribution in [0.3, 0.4) is 0 Å². The lowest BCUT2D eigenvalue weighted by Gasteiger charge is -2.06. The quantitative estimate of drug-likeness (QED) is 0.855. The summed E-state index contributed by atoms with van der Waals surface area (Å²) in [6.07, 6.45) is 0.813. The van der Waals surface area contributed by atoms with Gasteiger partial charge in [-0.1, -0.05) is 11.6 Å². The molecule has 0 aromatic carbocycles. The molecule has 14 heavy (non-hydrogen) atoms. The first-order valence-electron chi connectivity index (χ1n) is 4.15. The van der Waals surface area contributed by atoms with Crippen LogP contribution in [-0.2, 0) is 0 Å². The van der Waals surface area contributed by atoms with Gasteiger partial charge in [-0.05, 0) is 30.0 Å². The van der Waals surface area contributed by atoms with E-state index in [4.69, 9.17) is 16.0 Å². The van der Waals surface area contributed by atoms with Gasteiger partial charge in [0, 0.05) is 0 Å². The SMILES string of the molecule is Cc1ccoc1C(O)c1sccc1Cl. The lowest BCUT2D eigenvalue weighted by Crippen LogP contribution is -1.97. The molecule has 1 N–H and O–H groups in total. The summed E-state index contributed by atoms with van der Waals surface area (Å²) in [5, 5.41) is 12.4. The second-order valence-corrected chi connectivity index (χ2v) is 4.36. The molecule has 1 unspecified atom stereocenters. The molecule has 2 nitrogen and oxygen atoms in total. The van der Waals surface area contributed by atoms with Crippen LogP contribution in [-0.4, -0.2) is 5.11 Å². The van der Waals surface area contributed by atoms with Gasteiger partial charge in [0.2, 0.25) is 0 Å². The maximum absolute atomic E-state index is 9.96. The van der Waals surface area contributed by atoms with E-state index in [1.165, 1.54) is 11.3 Å². The Morgan fingerprint density at radius 3 is 2.79 bits per heavy atom. The Bertz CT molecular complexity index is 393. The lowest BCUT2D eigenvalue weighted by atomic mass is 10.1. The van der Waals surface area contributed by atoms with Crippen LogP contribution in [0.15, 0.2) is 28.2 Å². The first kappa shape index (κ1) is 9.77. The van der Waals surface area contributed by atoms with Crippen molar-refractivity contribution >= 4 is 22.9 Å². The number of hydrogen-bond donors (Lipinski definition) is 1. The van der Waals surface area contributed by atoms with Gasteiger partial charge in [-0.2, -0.15) is 0 Å². The van der Waals surface area contributed by atoms with Gasteiger partial charge in [-0.25, -0.2) is 0 Å². The fraction of sp³-hybridized carbons (Fsp3) is 0.200. The second kappa shape index (κ2) is 3.77. The summed E-state index contributed by atoms with van der Waals surface area (Å²) in [6.45, 7) is 1.89. The van der Waals surface area contributed by atoms with Crippen molar-refractivity contribution in [3.63, 3.8) is 0 Å². The molecular weight excluding hydrogens is 220 g/mol. The van der Waals surface area contributed by atoms with Crippen LogP contribution < -0.4 is 0 Å². The zero-order valence-electron chi connectivity index (χ0n) is 7.53. The molecule has 0 spiro atoms. The van der Waals surface area contributed by atoms with Crippen LogP contribution in [0.4, 0.5) is 0 Å². The molecule has 0 saturated carbocycles. The highest BCUT2D eigenvalue weighted by Gasteiger charge is 2.19. The molecule has 2 aromatic rings. The van der Waals surface area contributed by atoms with E-state index < -0.39 is 6.10 Å². The molecule has 4 heteroatoms. The van der Waals surface area contributed by atoms with E-state index in [9.17, 15) is 5.11 Å². The van der Waals surface area contributed by atoms with Crippen molar-refractivity contribution in [1.82, 2.24) is 0 Å². The maximum Gasteiger partial charge on any atom is 0.147 e. The molecule has 0 bridgehead atoms. The maximum atomic E-state index is 9.96. The van der Waals surface area contributed by atoms with E-state index in [0.29, 0.717) is 10.8 Å². The summed E-state index contributed by atoms with van der Waals surface area (Å²) in [5.74, 6) is 0.564. The Morgan fingerprint density at radius 2 is 2.29 bits per heavy atom. The van der Waals surface area contributed by atoms with E-state index in [1.54, 1.807) is 12.3 Å². The molecule has 0 amide bonds. The van der Waals surface area contributed by atoms with Crippen molar-refractivity contribution in [3.8, 4) is 0 Å². The van der Waals surface area contributed by atoms with Gasteiger partial charge in [0.15, 0.2) is 0 Å². The van der Waals surface area contributed by atoms with E-state index in [1.807, 2.05) is 18.4 Å². The monoisotopic (exact) mass is 228 g/mol. The van der Waals surface area contributed by atoms with Gasteiger partial charge in [0.05, 0.1) is 16.2 Å². The van der Waals surface area contributed by atoms with Crippen molar-refractivity contribution in [1.29, 1.82) is 0 Å². The van der Waals surface area contributed by atoms with Gasteiger partial charge < -0.3 is 9.52 Å².